The average Bonchev–Trinajstić information content (AvgIpc) is 3.05. The van der Waals surface area contributed by atoms with E-state index in [1.165, 1.54) is 0 Å². The zero-order chi connectivity index (χ0) is 27.4. The average molecular weight is 529 g/mol. The van der Waals surface area contributed by atoms with Crippen molar-refractivity contribution in [1.29, 1.82) is 0 Å². The van der Waals surface area contributed by atoms with Gasteiger partial charge in [-0.2, -0.15) is 13.2 Å². The highest BCUT2D eigenvalue weighted by Crippen LogP contribution is 2.33. The van der Waals surface area contributed by atoms with Crippen molar-refractivity contribution in [3.63, 3.8) is 0 Å². The number of likely N-dealkylation sites (tertiary alicyclic amines) is 1. The van der Waals surface area contributed by atoms with Crippen molar-refractivity contribution in [3.8, 4) is 0 Å². The quantitative estimate of drug-likeness (QED) is 0.470. The van der Waals surface area contributed by atoms with E-state index >= 15 is 0 Å². The second kappa shape index (κ2) is 11.3. The Kier molecular flexibility index (Phi) is 8.15. The SMILES string of the molecule is Cc1cccc2nc(NC(=O)c3cncc(C(F)(F)F)c3)n(C3CCCCN(C(=O)C=CCN(C)C)C3)c12. The number of imidazole rings is 1. The summed E-state index contributed by atoms with van der Waals surface area (Å²) in [7, 11) is 3.85. The van der Waals surface area contributed by atoms with Crippen molar-refractivity contribution in [2.24, 2.45) is 0 Å². The summed E-state index contributed by atoms with van der Waals surface area (Å²) >= 11 is 0. The van der Waals surface area contributed by atoms with E-state index < -0.39 is 17.6 Å². The smallest absolute Gasteiger partial charge is 0.337 e. The van der Waals surface area contributed by atoms with Gasteiger partial charge in [0.05, 0.1) is 28.2 Å². The maximum atomic E-state index is 13.2. The summed E-state index contributed by atoms with van der Waals surface area (Å²) in [5.74, 6) is -0.606. The molecule has 3 aromatic rings. The number of nitrogens with one attached hydrogen (secondary N) is 1. The van der Waals surface area contributed by atoms with E-state index in [0.717, 1.165) is 42.6 Å². The van der Waals surface area contributed by atoms with Crippen LogP contribution in [-0.2, 0) is 11.0 Å². The third-order valence-electron chi connectivity index (χ3n) is 6.52. The molecule has 1 aromatic carbocycles. The number of alkyl halides is 3. The maximum Gasteiger partial charge on any atom is 0.417 e. The summed E-state index contributed by atoms with van der Waals surface area (Å²) in [6.45, 7) is 3.62. The highest BCUT2D eigenvalue weighted by atomic mass is 19.4. The maximum absolute atomic E-state index is 13.2. The Morgan fingerprint density at radius 3 is 2.74 bits per heavy atom. The van der Waals surface area contributed by atoms with E-state index in [1.807, 2.05) is 54.8 Å². The molecule has 8 nitrogen and oxygen atoms in total. The molecule has 1 unspecified atom stereocenters. The third-order valence-corrected chi connectivity index (χ3v) is 6.52. The van der Waals surface area contributed by atoms with Crippen LogP contribution in [0.25, 0.3) is 11.0 Å². The molecule has 2 aromatic heterocycles. The molecule has 4 rings (SSSR count). The van der Waals surface area contributed by atoms with Gasteiger partial charge in [-0.05, 0) is 58.0 Å². The van der Waals surface area contributed by atoms with Crippen LogP contribution < -0.4 is 5.32 Å². The van der Waals surface area contributed by atoms with Gasteiger partial charge in [-0.1, -0.05) is 18.2 Å². The predicted octanol–water partition coefficient (Wildman–Crippen LogP) is 4.68. The highest BCUT2D eigenvalue weighted by Gasteiger charge is 2.32. The Balaban J connectivity index is 1.68. The number of likely N-dealkylation sites (N-methyl/N-ethyl adjacent to an activating group) is 1. The second-order valence-corrected chi connectivity index (χ2v) is 9.76. The lowest BCUT2D eigenvalue weighted by atomic mass is 10.1. The summed E-state index contributed by atoms with van der Waals surface area (Å²) < 4.78 is 41.5. The van der Waals surface area contributed by atoms with E-state index in [0.29, 0.717) is 31.3 Å². The molecule has 0 radical (unpaired) electrons. The number of amides is 2. The van der Waals surface area contributed by atoms with Crippen LogP contribution in [-0.4, -0.2) is 69.9 Å². The lowest BCUT2D eigenvalue weighted by Crippen LogP contribution is -2.35. The molecule has 38 heavy (non-hydrogen) atoms. The normalized spacial score (nSPS) is 16.8. The Labute approximate surface area is 219 Å². The fourth-order valence-corrected chi connectivity index (χ4v) is 4.66. The largest absolute Gasteiger partial charge is 0.417 e. The number of pyridine rings is 1. The van der Waals surface area contributed by atoms with Crippen molar-refractivity contribution in [2.75, 3.05) is 39.0 Å². The van der Waals surface area contributed by atoms with Crippen molar-refractivity contribution in [2.45, 2.75) is 38.4 Å². The van der Waals surface area contributed by atoms with Crippen molar-refractivity contribution >= 4 is 28.8 Å². The molecular formula is C27H31F3N6O2. The van der Waals surface area contributed by atoms with Crippen LogP contribution in [0.3, 0.4) is 0 Å². The standard InChI is InChI=1S/C27H31F3N6O2/c1-18-8-6-10-22-24(18)36(21-9-4-5-13-35(17-21)23(37)11-7-12-34(2)3)26(32-22)33-25(38)19-14-20(16-31-15-19)27(28,29)30/h6-8,10-11,14-16,21H,4-5,9,12-13,17H2,1-3H3,(H,32,33,38). The molecular weight excluding hydrogens is 497 g/mol. The molecule has 1 aliphatic heterocycles. The number of carbonyl (C=O) groups is 2. The predicted molar refractivity (Wildman–Crippen MR) is 139 cm³/mol. The molecule has 1 fully saturated rings. The third kappa shape index (κ3) is 6.21. The Bertz CT molecular complexity index is 1350. The summed E-state index contributed by atoms with van der Waals surface area (Å²) in [5.41, 5.74) is 1.17. The minimum Gasteiger partial charge on any atom is -0.337 e. The molecule has 0 saturated carbocycles. The van der Waals surface area contributed by atoms with Gasteiger partial charge in [0.15, 0.2) is 0 Å². The number of anilines is 1. The first-order valence-corrected chi connectivity index (χ1v) is 12.5. The summed E-state index contributed by atoms with van der Waals surface area (Å²) in [6, 6.07) is 6.20. The zero-order valence-corrected chi connectivity index (χ0v) is 21.6. The molecule has 1 aliphatic rings. The van der Waals surface area contributed by atoms with Crippen molar-refractivity contribution < 1.29 is 22.8 Å². The second-order valence-electron chi connectivity index (χ2n) is 9.76. The fraction of sp³-hybridized carbons (Fsp3) is 0.407. The van der Waals surface area contributed by atoms with Crippen molar-refractivity contribution in [3.05, 3.63) is 65.5 Å². The topological polar surface area (TPSA) is 83.4 Å². The van der Waals surface area contributed by atoms with Gasteiger partial charge < -0.3 is 14.4 Å². The van der Waals surface area contributed by atoms with E-state index in [1.54, 1.807) is 11.0 Å². The number of benzene rings is 1. The van der Waals surface area contributed by atoms with E-state index in [2.05, 4.69) is 15.3 Å². The molecule has 2 amide bonds. The van der Waals surface area contributed by atoms with Gasteiger partial charge >= 0.3 is 6.18 Å². The molecule has 0 spiro atoms. The number of hydrogen-bond donors (Lipinski definition) is 1. The Morgan fingerprint density at radius 1 is 1.21 bits per heavy atom. The van der Waals surface area contributed by atoms with Gasteiger partial charge in [-0.3, -0.25) is 19.9 Å². The summed E-state index contributed by atoms with van der Waals surface area (Å²) in [4.78, 5) is 38.0. The number of aryl methyl sites for hydroxylation is 1. The van der Waals surface area contributed by atoms with Crippen LogP contribution in [0.2, 0.25) is 0 Å². The van der Waals surface area contributed by atoms with Crippen LogP contribution >= 0.6 is 0 Å². The van der Waals surface area contributed by atoms with Gasteiger partial charge in [0.25, 0.3) is 5.91 Å². The minimum absolute atomic E-state index is 0.0829. The van der Waals surface area contributed by atoms with Gasteiger partial charge in [0, 0.05) is 38.1 Å². The van der Waals surface area contributed by atoms with Gasteiger partial charge in [-0.15, -0.1) is 0 Å². The number of halogens is 3. The van der Waals surface area contributed by atoms with Gasteiger partial charge in [0.1, 0.15) is 0 Å². The Morgan fingerprint density at radius 2 is 2.00 bits per heavy atom. The summed E-state index contributed by atoms with van der Waals surface area (Å²) in [6.07, 6.45) is 3.02. The number of fused-ring (bicyclic) bond motifs is 1. The number of aromatic nitrogens is 3. The van der Waals surface area contributed by atoms with E-state index in [4.69, 9.17) is 0 Å². The molecule has 1 saturated heterocycles. The van der Waals surface area contributed by atoms with Gasteiger partial charge in [0.2, 0.25) is 11.9 Å². The lowest BCUT2D eigenvalue weighted by molar-refractivity contribution is -0.137. The van der Waals surface area contributed by atoms with Crippen LogP contribution in [0.1, 0.15) is 46.8 Å². The first kappa shape index (κ1) is 27.3. The van der Waals surface area contributed by atoms with Crippen molar-refractivity contribution in [1.82, 2.24) is 24.3 Å². The van der Waals surface area contributed by atoms with Crippen LogP contribution in [0.5, 0.6) is 0 Å². The molecule has 0 aliphatic carbocycles. The molecule has 202 valence electrons. The first-order valence-electron chi connectivity index (χ1n) is 12.5. The van der Waals surface area contributed by atoms with Gasteiger partial charge in [-0.25, -0.2) is 4.98 Å². The number of rotatable bonds is 6. The molecule has 0 bridgehead atoms. The van der Waals surface area contributed by atoms with Crippen LogP contribution in [0, 0.1) is 6.92 Å². The molecule has 3 heterocycles. The van der Waals surface area contributed by atoms with E-state index in [9.17, 15) is 22.8 Å². The number of hydrogen-bond acceptors (Lipinski definition) is 5. The van der Waals surface area contributed by atoms with Crippen LogP contribution in [0.4, 0.5) is 19.1 Å². The number of para-hydroxylation sites is 1. The summed E-state index contributed by atoms with van der Waals surface area (Å²) in [5, 5.41) is 2.71. The molecule has 11 heteroatoms. The van der Waals surface area contributed by atoms with E-state index in [-0.39, 0.29) is 23.5 Å². The lowest BCUT2D eigenvalue weighted by Gasteiger charge is -2.26. The van der Waals surface area contributed by atoms with Crippen LogP contribution in [0.15, 0.2) is 48.8 Å². The fourth-order valence-electron chi connectivity index (χ4n) is 4.66. The minimum atomic E-state index is -4.62. The first-order chi connectivity index (χ1) is 18.0. The molecule has 1 atom stereocenters. The zero-order valence-electron chi connectivity index (χ0n) is 21.6. The highest BCUT2D eigenvalue weighted by molar-refractivity contribution is 6.04. The monoisotopic (exact) mass is 528 g/mol. The Hall–Kier alpha value is -3.73. The molecule has 1 N–H and O–H groups in total. The number of carbonyl (C=O) groups excluding carboxylic acids is 2. The number of nitrogens with zero attached hydrogens (tertiary/aromatic N) is 5.